The van der Waals surface area contributed by atoms with Gasteiger partial charge in [-0.1, -0.05) is 29.8 Å². The molecule has 0 atom stereocenters. The van der Waals surface area contributed by atoms with Crippen LogP contribution in [0.2, 0.25) is 5.02 Å². The molecule has 1 aliphatic heterocycles. The summed E-state index contributed by atoms with van der Waals surface area (Å²) in [6.07, 6.45) is 0.102. The molecular weight excluding hydrogens is 448 g/mol. The smallest absolute Gasteiger partial charge is 0.264 e. The lowest BCUT2D eigenvalue weighted by molar-refractivity contribution is -0.139. The molecule has 33 heavy (non-hydrogen) atoms. The number of carbonyl (C=O) groups excluding carboxylic acids is 3. The van der Waals surface area contributed by atoms with E-state index in [2.05, 4.69) is 15.8 Å². The number of anilines is 1. The van der Waals surface area contributed by atoms with Crippen LogP contribution in [-0.4, -0.2) is 69.1 Å². The van der Waals surface area contributed by atoms with Crippen molar-refractivity contribution in [1.29, 1.82) is 0 Å². The predicted octanol–water partition coefficient (Wildman–Crippen LogP) is 1.40. The SMILES string of the molecule is COc1ccc(CC(=O)NNC(=O)COCC(=O)N2CCN(c3cccc(Cl)c3)CC2)cc1. The van der Waals surface area contributed by atoms with E-state index in [1.165, 1.54) is 0 Å². The molecule has 1 heterocycles. The van der Waals surface area contributed by atoms with Crippen LogP contribution in [0.3, 0.4) is 0 Å². The Balaban J connectivity index is 1.30. The number of hydrogen-bond acceptors (Lipinski definition) is 6. The zero-order valence-electron chi connectivity index (χ0n) is 18.4. The predicted molar refractivity (Wildman–Crippen MR) is 124 cm³/mol. The number of halogens is 1. The van der Waals surface area contributed by atoms with Gasteiger partial charge >= 0.3 is 0 Å². The standard InChI is InChI=1S/C23H27ClN4O5/c1-32-20-7-5-17(6-8-20)13-21(29)25-26-22(30)15-33-16-23(31)28-11-9-27(10-12-28)19-4-2-3-18(24)14-19/h2-8,14H,9-13,15-16H2,1H3,(H,25,29)(H,26,30). The molecule has 0 aromatic heterocycles. The molecule has 176 valence electrons. The number of amides is 3. The van der Waals surface area contributed by atoms with E-state index >= 15 is 0 Å². The number of nitrogens with one attached hydrogen (secondary N) is 2. The first-order valence-corrected chi connectivity index (χ1v) is 10.9. The molecule has 1 fully saturated rings. The minimum atomic E-state index is -0.545. The summed E-state index contributed by atoms with van der Waals surface area (Å²) in [6.45, 7) is 1.95. The summed E-state index contributed by atoms with van der Waals surface area (Å²) in [5, 5.41) is 0.676. The molecule has 1 saturated heterocycles. The monoisotopic (exact) mass is 474 g/mol. The van der Waals surface area contributed by atoms with Gasteiger partial charge in [-0.15, -0.1) is 0 Å². The minimum Gasteiger partial charge on any atom is -0.497 e. The van der Waals surface area contributed by atoms with Crippen molar-refractivity contribution >= 4 is 35.0 Å². The van der Waals surface area contributed by atoms with E-state index in [0.717, 1.165) is 11.3 Å². The van der Waals surface area contributed by atoms with Crippen LogP contribution in [0.4, 0.5) is 5.69 Å². The molecule has 0 aliphatic carbocycles. The summed E-state index contributed by atoms with van der Waals surface area (Å²) >= 11 is 6.04. The summed E-state index contributed by atoms with van der Waals surface area (Å²) in [7, 11) is 1.57. The third-order valence-electron chi connectivity index (χ3n) is 5.13. The van der Waals surface area contributed by atoms with Crippen LogP contribution in [0.15, 0.2) is 48.5 Å². The van der Waals surface area contributed by atoms with Gasteiger partial charge in [-0.05, 0) is 35.9 Å². The lowest BCUT2D eigenvalue weighted by atomic mass is 10.1. The molecule has 2 aromatic carbocycles. The number of methoxy groups -OCH3 is 1. The van der Waals surface area contributed by atoms with Crippen molar-refractivity contribution in [2.24, 2.45) is 0 Å². The van der Waals surface area contributed by atoms with Crippen LogP contribution in [0.1, 0.15) is 5.56 Å². The number of benzene rings is 2. The Morgan fingerprint density at radius 3 is 2.30 bits per heavy atom. The average Bonchev–Trinajstić information content (AvgIpc) is 2.83. The van der Waals surface area contributed by atoms with E-state index < -0.39 is 5.91 Å². The second-order valence-electron chi connectivity index (χ2n) is 7.46. The summed E-state index contributed by atoms with van der Waals surface area (Å²) in [5.41, 5.74) is 6.40. The third kappa shape index (κ3) is 7.65. The topological polar surface area (TPSA) is 100 Å². The van der Waals surface area contributed by atoms with E-state index in [1.54, 1.807) is 36.3 Å². The van der Waals surface area contributed by atoms with Gasteiger partial charge in [-0.2, -0.15) is 0 Å². The first-order chi connectivity index (χ1) is 15.9. The maximum atomic E-state index is 12.3. The minimum absolute atomic E-state index is 0.102. The van der Waals surface area contributed by atoms with Crippen molar-refractivity contribution in [3.8, 4) is 5.75 Å². The Morgan fingerprint density at radius 1 is 0.939 bits per heavy atom. The Kier molecular flexibility index (Phi) is 8.91. The van der Waals surface area contributed by atoms with Crippen molar-refractivity contribution in [2.45, 2.75) is 6.42 Å². The lowest BCUT2D eigenvalue weighted by Crippen LogP contribution is -2.50. The van der Waals surface area contributed by atoms with E-state index in [0.29, 0.717) is 37.0 Å². The van der Waals surface area contributed by atoms with Gasteiger partial charge in [0.1, 0.15) is 19.0 Å². The van der Waals surface area contributed by atoms with Crippen LogP contribution in [0.25, 0.3) is 0 Å². The maximum absolute atomic E-state index is 12.3. The molecule has 3 amide bonds. The third-order valence-corrected chi connectivity index (χ3v) is 5.36. The number of hydrogen-bond donors (Lipinski definition) is 2. The summed E-state index contributed by atoms with van der Waals surface area (Å²) in [6, 6.07) is 14.7. The normalized spacial score (nSPS) is 13.4. The number of ether oxygens (including phenoxy) is 2. The van der Waals surface area contributed by atoms with Crippen molar-refractivity contribution in [3.05, 3.63) is 59.1 Å². The number of hydrazine groups is 1. The molecule has 2 aromatic rings. The fourth-order valence-corrected chi connectivity index (χ4v) is 3.54. The van der Waals surface area contributed by atoms with E-state index in [1.807, 2.05) is 24.3 Å². The molecule has 3 rings (SSSR count). The van der Waals surface area contributed by atoms with E-state index in [9.17, 15) is 14.4 Å². The van der Waals surface area contributed by atoms with Crippen LogP contribution in [-0.2, 0) is 25.5 Å². The molecule has 0 bridgehead atoms. The Hall–Kier alpha value is -3.30. The van der Waals surface area contributed by atoms with Crippen LogP contribution >= 0.6 is 11.6 Å². The van der Waals surface area contributed by atoms with Gasteiger partial charge in [0.05, 0.1) is 13.5 Å². The summed E-state index contributed by atoms with van der Waals surface area (Å²) in [5.74, 6) is -0.405. The van der Waals surface area contributed by atoms with Gasteiger partial charge in [-0.25, -0.2) is 0 Å². The molecule has 9 nitrogen and oxygen atoms in total. The zero-order chi connectivity index (χ0) is 23.6. The van der Waals surface area contributed by atoms with Crippen LogP contribution in [0, 0.1) is 0 Å². The fraction of sp³-hybridized carbons (Fsp3) is 0.348. The second-order valence-corrected chi connectivity index (χ2v) is 7.90. The molecule has 2 N–H and O–H groups in total. The molecule has 0 spiro atoms. The first-order valence-electron chi connectivity index (χ1n) is 10.5. The maximum Gasteiger partial charge on any atom is 0.264 e. The van der Waals surface area contributed by atoms with Crippen LogP contribution < -0.4 is 20.5 Å². The van der Waals surface area contributed by atoms with Gasteiger partial charge in [0.15, 0.2) is 0 Å². The number of carbonyl (C=O) groups is 3. The van der Waals surface area contributed by atoms with E-state index in [4.69, 9.17) is 21.1 Å². The second kappa shape index (κ2) is 12.1. The number of piperazine rings is 1. The fourth-order valence-electron chi connectivity index (χ4n) is 3.36. The largest absolute Gasteiger partial charge is 0.497 e. The highest BCUT2D eigenvalue weighted by Crippen LogP contribution is 2.20. The quantitative estimate of drug-likeness (QED) is 0.561. The molecular formula is C23H27ClN4O5. The van der Waals surface area contributed by atoms with E-state index in [-0.39, 0.29) is 31.4 Å². The first kappa shape index (κ1) is 24.3. The molecule has 0 unspecified atom stereocenters. The van der Waals surface area contributed by atoms with Gasteiger partial charge < -0.3 is 19.3 Å². The Morgan fingerprint density at radius 2 is 1.64 bits per heavy atom. The molecule has 1 aliphatic rings. The van der Waals surface area contributed by atoms with Crippen molar-refractivity contribution in [1.82, 2.24) is 15.8 Å². The number of rotatable bonds is 8. The van der Waals surface area contributed by atoms with Crippen LogP contribution in [0.5, 0.6) is 5.75 Å². The highest BCUT2D eigenvalue weighted by atomic mass is 35.5. The molecule has 0 radical (unpaired) electrons. The van der Waals surface area contributed by atoms with Crippen molar-refractivity contribution in [3.63, 3.8) is 0 Å². The lowest BCUT2D eigenvalue weighted by Gasteiger charge is -2.36. The highest BCUT2D eigenvalue weighted by molar-refractivity contribution is 6.30. The number of nitrogens with zero attached hydrogens (tertiary/aromatic N) is 2. The van der Waals surface area contributed by atoms with Gasteiger partial charge in [0.2, 0.25) is 11.8 Å². The Bertz CT molecular complexity index is 962. The van der Waals surface area contributed by atoms with Crippen molar-refractivity contribution < 1.29 is 23.9 Å². The van der Waals surface area contributed by atoms with Gasteiger partial charge in [0.25, 0.3) is 5.91 Å². The van der Waals surface area contributed by atoms with Crippen molar-refractivity contribution in [2.75, 3.05) is 51.4 Å². The zero-order valence-corrected chi connectivity index (χ0v) is 19.1. The summed E-state index contributed by atoms with van der Waals surface area (Å²) < 4.78 is 10.3. The summed E-state index contributed by atoms with van der Waals surface area (Å²) in [4.78, 5) is 40.0. The Labute approximate surface area is 197 Å². The van der Waals surface area contributed by atoms with Gasteiger partial charge in [-0.3, -0.25) is 25.2 Å². The molecule has 10 heteroatoms. The highest BCUT2D eigenvalue weighted by Gasteiger charge is 2.21. The average molecular weight is 475 g/mol. The van der Waals surface area contributed by atoms with Gasteiger partial charge in [0, 0.05) is 36.9 Å². The molecule has 0 saturated carbocycles.